The van der Waals surface area contributed by atoms with E-state index in [0.29, 0.717) is 30.9 Å². The standard InChI is InChI=1S/C17H22N2O3/c1-2-14(10-11-20)19-16(21)8-9-17-18-12-15(22-17)13-6-4-3-5-7-13/h3-7,12,14,20H,2,8-11H2,1H3,(H,19,21). The van der Waals surface area contributed by atoms with Gasteiger partial charge in [0.05, 0.1) is 6.20 Å². The molecule has 0 aliphatic carbocycles. The lowest BCUT2D eigenvalue weighted by Gasteiger charge is -2.15. The van der Waals surface area contributed by atoms with E-state index in [-0.39, 0.29) is 18.6 Å². The van der Waals surface area contributed by atoms with Crippen molar-refractivity contribution in [2.75, 3.05) is 6.61 Å². The first kappa shape index (κ1) is 16.2. The molecule has 2 N–H and O–H groups in total. The molecule has 5 nitrogen and oxygen atoms in total. The minimum absolute atomic E-state index is 0.0296. The SMILES string of the molecule is CCC(CCO)NC(=O)CCc1ncc(-c2ccccc2)o1. The van der Waals surface area contributed by atoms with Gasteiger partial charge in [0.15, 0.2) is 11.7 Å². The summed E-state index contributed by atoms with van der Waals surface area (Å²) in [6.45, 7) is 2.07. The van der Waals surface area contributed by atoms with Crippen LogP contribution in [0.4, 0.5) is 0 Å². The lowest BCUT2D eigenvalue weighted by Crippen LogP contribution is -2.35. The second-order valence-corrected chi connectivity index (χ2v) is 5.17. The number of aromatic nitrogens is 1. The van der Waals surface area contributed by atoms with Crippen LogP contribution in [0.1, 0.15) is 32.1 Å². The Morgan fingerprint density at radius 3 is 2.82 bits per heavy atom. The molecule has 0 bridgehead atoms. The predicted octanol–water partition coefficient (Wildman–Crippen LogP) is 2.55. The number of oxazole rings is 1. The fourth-order valence-electron chi connectivity index (χ4n) is 2.22. The molecule has 1 amide bonds. The zero-order valence-corrected chi connectivity index (χ0v) is 12.8. The van der Waals surface area contributed by atoms with E-state index in [2.05, 4.69) is 10.3 Å². The molecule has 5 heteroatoms. The summed E-state index contributed by atoms with van der Waals surface area (Å²) in [7, 11) is 0. The van der Waals surface area contributed by atoms with E-state index in [1.54, 1.807) is 6.20 Å². The fraction of sp³-hybridized carbons (Fsp3) is 0.412. The van der Waals surface area contributed by atoms with Crippen LogP contribution in [0.5, 0.6) is 0 Å². The Bertz CT molecular complexity index is 581. The van der Waals surface area contributed by atoms with Gasteiger partial charge in [0.1, 0.15) is 0 Å². The van der Waals surface area contributed by atoms with Crippen molar-refractivity contribution in [3.8, 4) is 11.3 Å². The summed E-state index contributed by atoms with van der Waals surface area (Å²) in [4.78, 5) is 16.1. The van der Waals surface area contributed by atoms with Gasteiger partial charge in [-0.05, 0) is 12.8 Å². The Labute approximate surface area is 130 Å². The normalized spacial score (nSPS) is 12.1. The van der Waals surface area contributed by atoms with Crippen LogP contribution in [0.2, 0.25) is 0 Å². The molecule has 2 aromatic rings. The van der Waals surface area contributed by atoms with Crippen molar-refractivity contribution in [1.82, 2.24) is 10.3 Å². The number of nitrogens with one attached hydrogen (secondary N) is 1. The number of hydrogen-bond acceptors (Lipinski definition) is 4. The van der Waals surface area contributed by atoms with Gasteiger partial charge in [-0.15, -0.1) is 0 Å². The number of carbonyl (C=O) groups excluding carboxylic acids is 1. The van der Waals surface area contributed by atoms with Crippen molar-refractivity contribution >= 4 is 5.91 Å². The van der Waals surface area contributed by atoms with Crippen molar-refractivity contribution in [2.24, 2.45) is 0 Å². The number of aryl methyl sites for hydroxylation is 1. The number of nitrogens with zero attached hydrogens (tertiary/aromatic N) is 1. The van der Waals surface area contributed by atoms with E-state index in [4.69, 9.17) is 9.52 Å². The van der Waals surface area contributed by atoms with Crippen molar-refractivity contribution in [3.63, 3.8) is 0 Å². The van der Waals surface area contributed by atoms with Gasteiger partial charge in [0, 0.05) is 31.1 Å². The van der Waals surface area contributed by atoms with E-state index in [1.807, 2.05) is 37.3 Å². The molecule has 0 saturated carbocycles. The largest absolute Gasteiger partial charge is 0.441 e. The first-order valence-electron chi connectivity index (χ1n) is 7.63. The van der Waals surface area contributed by atoms with Crippen LogP contribution in [-0.2, 0) is 11.2 Å². The molecule has 1 heterocycles. The van der Waals surface area contributed by atoms with Gasteiger partial charge in [-0.25, -0.2) is 4.98 Å². The maximum absolute atomic E-state index is 11.9. The van der Waals surface area contributed by atoms with Crippen LogP contribution < -0.4 is 5.32 Å². The van der Waals surface area contributed by atoms with Crippen molar-refractivity contribution in [1.29, 1.82) is 0 Å². The Morgan fingerprint density at radius 1 is 1.36 bits per heavy atom. The van der Waals surface area contributed by atoms with E-state index < -0.39 is 0 Å². The van der Waals surface area contributed by atoms with Crippen LogP contribution in [0, 0.1) is 0 Å². The van der Waals surface area contributed by atoms with Crippen LogP contribution in [0.3, 0.4) is 0 Å². The average molecular weight is 302 g/mol. The molecule has 0 spiro atoms. The van der Waals surface area contributed by atoms with Gasteiger partial charge < -0.3 is 14.8 Å². The smallest absolute Gasteiger partial charge is 0.220 e. The monoisotopic (exact) mass is 302 g/mol. The molecule has 1 aromatic heterocycles. The second kappa shape index (κ2) is 8.34. The molecule has 0 aliphatic rings. The summed E-state index contributed by atoms with van der Waals surface area (Å²) >= 11 is 0. The van der Waals surface area contributed by atoms with Crippen LogP contribution in [0.15, 0.2) is 40.9 Å². The Hall–Kier alpha value is -2.14. The molecular weight excluding hydrogens is 280 g/mol. The summed E-state index contributed by atoms with van der Waals surface area (Å²) in [5.74, 6) is 1.23. The Morgan fingerprint density at radius 2 is 2.14 bits per heavy atom. The number of aliphatic hydroxyl groups excluding tert-OH is 1. The molecule has 0 fully saturated rings. The highest BCUT2D eigenvalue weighted by Crippen LogP contribution is 2.20. The minimum atomic E-state index is -0.0419. The molecule has 118 valence electrons. The van der Waals surface area contributed by atoms with Gasteiger partial charge in [0.25, 0.3) is 0 Å². The highest BCUT2D eigenvalue weighted by Gasteiger charge is 2.12. The summed E-state index contributed by atoms with van der Waals surface area (Å²) in [6, 6.07) is 9.77. The quantitative estimate of drug-likeness (QED) is 0.786. The van der Waals surface area contributed by atoms with Crippen LogP contribution >= 0.6 is 0 Å². The fourth-order valence-corrected chi connectivity index (χ4v) is 2.22. The Kier molecular flexibility index (Phi) is 6.15. The Balaban J connectivity index is 1.85. The summed E-state index contributed by atoms with van der Waals surface area (Å²) in [6.07, 6.45) is 3.87. The first-order chi connectivity index (χ1) is 10.7. The second-order valence-electron chi connectivity index (χ2n) is 5.17. The predicted molar refractivity (Wildman–Crippen MR) is 84.2 cm³/mol. The van der Waals surface area contributed by atoms with Gasteiger partial charge in [-0.1, -0.05) is 37.3 Å². The third kappa shape index (κ3) is 4.70. The number of amides is 1. The van der Waals surface area contributed by atoms with Gasteiger partial charge in [-0.3, -0.25) is 4.79 Å². The molecule has 1 atom stereocenters. The maximum Gasteiger partial charge on any atom is 0.220 e. The van der Waals surface area contributed by atoms with E-state index in [9.17, 15) is 4.79 Å². The van der Waals surface area contributed by atoms with Gasteiger partial charge >= 0.3 is 0 Å². The summed E-state index contributed by atoms with van der Waals surface area (Å²) in [5.41, 5.74) is 0.972. The third-order valence-electron chi connectivity index (χ3n) is 3.51. The number of hydrogen-bond donors (Lipinski definition) is 2. The van der Waals surface area contributed by atoms with Crippen molar-refractivity contribution in [3.05, 3.63) is 42.4 Å². The van der Waals surface area contributed by atoms with E-state index in [1.165, 1.54) is 0 Å². The van der Waals surface area contributed by atoms with E-state index >= 15 is 0 Å². The first-order valence-corrected chi connectivity index (χ1v) is 7.63. The molecule has 1 aromatic carbocycles. The lowest BCUT2D eigenvalue weighted by molar-refractivity contribution is -0.121. The third-order valence-corrected chi connectivity index (χ3v) is 3.51. The molecule has 2 rings (SSSR count). The molecule has 1 unspecified atom stereocenters. The number of benzene rings is 1. The average Bonchev–Trinajstić information content (AvgIpc) is 3.02. The highest BCUT2D eigenvalue weighted by molar-refractivity contribution is 5.76. The highest BCUT2D eigenvalue weighted by atomic mass is 16.4. The number of aliphatic hydroxyl groups is 1. The zero-order chi connectivity index (χ0) is 15.8. The maximum atomic E-state index is 11.9. The summed E-state index contributed by atoms with van der Waals surface area (Å²) in [5, 5.41) is 11.8. The topological polar surface area (TPSA) is 75.4 Å². The molecule has 22 heavy (non-hydrogen) atoms. The molecule has 0 saturated heterocycles. The summed E-state index contributed by atoms with van der Waals surface area (Å²) < 4.78 is 5.67. The van der Waals surface area contributed by atoms with Crippen molar-refractivity contribution in [2.45, 2.75) is 38.6 Å². The van der Waals surface area contributed by atoms with Gasteiger partial charge in [-0.2, -0.15) is 0 Å². The zero-order valence-electron chi connectivity index (χ0n) is 12.8. The van der Waals surface area contributed by atoms with Crippen LogP contribution in [-0.4, -0.2) is 28.6 Å². The van der Waals surface area contributed by atoms with Crippen LogP contribution in [0.25, 0.3) is 11.3 Å². The van der Waals surface area contributed by atoms with E-state index in [0.717, 1.165) is 12.0 Å². The molecule has 0 aliphatic heterocycles. The lowest BCUT2D eigenvalue weighted by atomic mass is 10.1. The minimum Gasteiger partial charge on any atom is -0.441 e. The van der Waals surface area contributed by atoms with Crippen molar-refractivity contribution < 1.29 is 14.3 Å². The molecule has 0 radical (unpaired) electrons. The number of rotatable bonds is 8. The van der Waals surface area contributed by atoms with Gasteiger partial charge in [0.2, 0.25) is 5.91 Å². The molecular formula is C17H22N2O3. The number of carbonyl (C=O) groups is 1.